The number of phenolic OH excluding ortho intramolecular Hbond substituents is 1. The van der Waals surface area contributed by atoms with Crippen molar-refractivity contribution in [3.8, 4) is 23.0 Å². The van der Waals surface area contributed by atoms with Crippen LogP contribution in [0.25, 0.3) is 10.9 Å². The molecule has 0 aliphatic heterocycles. The number of methoxy groups -OCH3 is 1. The number of nitrogens with zero attached hydrogens (tertiary/aromatic N) is 1. The average Bonchev–Trinajstić information content (AvgIpc) is 3.59. The molecule has 1 heterocycles. The van der Waals surface area contributed by atoms with Gasteiger partial charge in [0.2, 0.25) is 11.8 Å². The fraction of sp³-hybridized carbons (Fsp3) is 0.179. The Morgan fingerprint density at radius 2 is 1.61 bits per heavy atom. The zero-order valence-corrected chi connectivity index (χ0v) is 20.4. The number of carbonyl (C=O) groups is 2. The summed E-state index contributed by atoms with van der Waals surface area (Å²) >= 11 is 0. The third-order valence-electron chi connectivity index (χ3n) is 6.63. The van der Waals surface area contributed by atoms with E-state index in [0.29, 0.717) is 23.0 Å². The van der Waals surface area contributed by atoms with Crippen LogP contribution < -0.4 is 20.1 Å². The first-order valence-electron chi connectivity index (χ1n) is 11.7. The number of carbonyl (C=O) groups excluding carboxylic acids is 2. The van der Waals surface area contributed by atoms with Crippen molar-refractivity contribution in [1.82, 2.24) is 4.98 Å². The summed E-state index contributed by atoms with van der Waals surface area (Å²) in [5, 5.41) is 15.8. The van der Waals surface area contributed by atoms with Gasteiger partial charge in [0.05, 0.1) is 12.6 Å². The van der Waals surface area contributed by atoms with Gasteiger partial charge >= 0.3 is 0 Å². The molecule has 3 N–H and O–H groups in total. The number of hydrogen-bond acceptors (Lipinski definition) is 6. The number of amides is 2. The van der Waals surface area contributed by atoms with Gasteiger partial charge in [-0.25, -0.2) is 8.78 Å². The third-order valence-corrected chi connectivity index (χ3v) is 6.63. The highest BCUT2D eigenvalue weighted by Gasteiger charge is 2.63. The van der Waals surface area contributed by atoms with Crippen molar-refractivity contribution in [3.63, 3.8) is 0 Å². The van der Waals surface area contributed by atoms with E-state index < -0.39 is 28.9 Å². The number of hydrogen-bond donors (Lipinski definition) is 3. The van der Waals surface area contributed by atoms with Crippen molar-refractivity contribution in [2.45, 2.75) is 13.3 Å². The fourth-order valence-corrected chi connectivity index (χ4v) is 4.35. The van der Waals surface area contributed by atoms with Crippen LogP contribution >= 0.6 is 0 Å². The topological polar surface area (TPSA) is 110 Å². The smallest absolute Gasteiger partial charge is 0.240 e. The van der Waals surface area contributed by atoms with Crippen molar-refractivity contribution in [3.05, 3.63) is 78.5 Å². The number of phenols is 1. The highest BCUT2D eigenvalue weighted by Crippen LogP contribution is 2.53. The molecule has 1 aliphatic carbocycles. The summed E-state index contributed by atoms with van der Waals surface area (Å²) in [4.78, 5) is 30.2. The van der Waals surface area contributed by atoms with Gasteiger partial charge in [-0.05, 0) is 60.9 Å². The molecule has 1 saturated carbocycles. The predicted octanol–water partition coefficient (Wildman–Crippen LogP) is 5.62. The van der Waals surface area contributed by atoms with Crippen LogP contribution in [0.15, 0.2) is 66.9 Å². The predicted molar refractivity (Wildman–Crippen MR) is 136 cm³/mol. The summed E-state index contributed by atoms with van der Waals surface area (Å²) in [6, 6.07) is 13.6. The lowest BCUT2D eigenvalue weighted by atomic mass is 10.0. The third kappa shape index (κ3) is 4.56. The van der Waals surface area contributed by atoms with Gasteiger partial charge in [-0.2, -0.15) is 0 Å². The summed E-state index contributed by atoms with van der Waals surface area (Å²) in [6.07, 6.45) is 1.78. The molecule has 1 aliphatic rings. The molecule has 0 radical (unpaired) electrons. The summed E-state index contributed by atoms with van der Waals surface area (Å²) in [5.74, 6) is -2.20. The van der Waals surface area contributed by atoms with E-state index in [9.17, 15) is 23.5 Å². The van der Waals surface area contributed by atoms with Crippen molar-refractivity contribution in [2.24, 2.45) is 11.3 Å². The van der Waals surface area contributed by atoms with E-state index in [4.69, 9.17) is 9.47 Å². The van der Waals surface area contributed by atoms with Crippen molar-refractivity contribution in [2.75, 3.05) is 17.7 Å². The normalized spacial score (nSPS) is 18.1. The van der Waals surface area contributed by atoms with Crippen molar-refractivity contribution in [1.29, 1.82) is 0 Å². The van der Waals surface area contributed by atoms with E-state index in [1.54, 1.807) is 13.0 Å². The van der Waals surface area contributed by atoms with E-state index in [0.717, 1.165) is 6.07 Å². The molecule has 0 bridgehead atoms. The van der Waals surface area contributed by atoms with Crippen LogP contribution in [0, 0.1) is 23.0 Å². The van der Waals surface area contributed by atoms with Gasteiger partial charge in [-0.3, -0.25) is 14.6 Å². The molecule has 8 nitrogen and oxygen atoms in total. The van der Waals surface area contributed by atoms with Crippen LogP contribution in [-0.4, -0.2) is 29.0 Å². The minimum Gasteiger partial charge on any atom is -0.504 e. The maximum atomic E-state index is 15.0. The largest absolute Gasteiger partial charge is 0.504 e. The molecule has 4 aromatic rings. The molecule has 1 aromatic heterocycles. The number of ether oxygens (including phenoxy) is 2. The number of aromatic hydroxyl groups is 1. The quantitative estimate of drug-likeness (QED) is 0.273. The highest BCUT2D eigenvalue weighted by molar-refractivity contribution is 6.17. The summed E-state index contributed by atoms with van der Waals surface area (Å²) in [5.41, 5.74) is -0.376. The Bertz CT molecular complexity index is 1560. The van der Waals surface area contributed by atoms with Crippen molar-refractivity contribution >= 4 is 34.1 Å². The number of aromatic nitrogens is 1. The maximum absolute atomic E-state index is 15.0. The number of benzene rings is 3. The van der Waals surface area contributed by atoms with E-state index in [2.05, 4.69) is 15.6 Å². The second kappa shape index (κ2) is 9.62. The van der Waals surface area contributed by atoms with Gasteiger partial charge in [-0.15, -0.1) is 0 Å². The SMILES string of the molecule is COc1cc2c(Oc3ccc(NC(=O)[C@@]4(C(=O)Nc5ccc(F)cc5)C[C@H]4C)cc3F)ccnc2cc1O. The monoisotopic (exact) mass is 519 g/mol. The van der Waals surface area contributed by atoms with Crippen molar-refractivity contribution < 1.29 is 33.0 Å². The zero-order chi connectivity index (χ0) is 27.0. The number of fused-ring (bicyclic) bond motifs is 1. The number of pyridine rings is 1. The molecule has 0 saturated heterocycles. The fourth-order valence-electron chi connectivity index (χ4n) is 4.35. The molecular formula is C28H23F2N3O5. The Morgan fingerprint density at radius 3 is 2.24 bits per heavy atom. The molecule has 0 unspecified atom stereocenters. The number of halogens is 2. The molecule has 1 fully saturated rings. The lowest BCUT2D eigenvalue weighted by molar-refractivity contribution is -0.131. The Hall–Kier alpha value is -4.73. The molecule has 0 spiro atoms. The molecular weight excluding hydrogens is 496 g/mol. The number of rotatable bonds is 7. The Balaban J connectivity index is 1.32. The molecule has 38 heavy (non-hydrogen) atoms. The number of anilines is 2. The summed E-state index contributed by atoms with van der Waals surface area (Å²) in [6.45, 7) is 1.77. The molecule has 5 rings (SSSR count). The van der Waals surface area contributed by atoms with Gasteiger partial charge in [0.15, 0.2) is 23.1 Å². The second-order valence-electron chi connectivity index (χ2n) is 9.09. The second-order valence-corrected chi connectivity index (χ2v) is 9.09. The minimum atomic E-state index is -1.32. The molecule has 10 heteroatoms. The first kappa shape index (κ1) is 24.9. The average molecular weight is 520 g/mol. The Kier molecular flexibility index (Phi) is 6.31. The van der Waals surface area contributed by atoms with Gasteiger partial charge in [0.25, 0.3) is 0 Å². The standard InChI is InChI=1S/C28H23F2N3O5/c1-15-14-28(15,26(35)32-17-5-3-16(29)4-6-17)27(36)33-18-7-8-24(20(30)11-18)38-23-9-10-31-21-13-22(34)25(37-2)12-19(21)23/h3-13,15,34H,14H2,1-2H3,(H,32,35)(H,33,36)/t15-,28+/m1/s1. The minimum absolute atomic E-state index is 0.0926. The van der Waals surface area contributed by atoms with Gasteiger partial charge in [-0.1, -0.05) is 6.92 Å². The van der Waals surface area contributed by atoms with E-state index >= 15 is 0 Å². The van der Waals surface area contributed by atoms with Gasteiger partial charge < -0.3 is 25.2 Å². The summed E-state index contributed by atoms with van der Waals surface area (Å²) < 4.78 is 39.1. The van der Waals surface area contributed by atoms with Gasteiger partial charge in [0, 0.05) is 35.1 Å². The first-order chi connectivity index (χ1) is 18.2. The highest BCUT2D eigenvalue weighted by atomic mass is 19.1. The molecule has 194 valence electrons. The Morgan fingerprint density at radius 1 is 0.947 bits per heavy atom. The zero-order valence-electron chi connectivity index (χ0n) is 20.4. The van der Waals surface area contributed by atoms with E-state index in [1.165, 1.54) is 61.8 Å². The van der Waals surface area contributed by atoms with Crippen LogP contribution in [-0.2, 0) is 9.59 Å². The van der Waals surface area contributed by atoms with E-state index in [1.807, 2.05) is 0 Å². The number of nitrogens with one attached hydrogen (secondary N) is 2. The molecule has 3 aromatic carbocycles. The lowest BCUT2D eigenvalue weighted by Gasteiger charge is -2.17. The van der Waals surface area contributed by atoms with E-state index in [-0.39, 0.29) is 34.6 Å². The van der Waals surface area contributed by atoms with Gasteiger partial charge in [0.1, 0.15) is 17.0 Å². The molecule has 2 atom stereocenters. The van der Waals surface area contributed by atoms with Crippen LogP contribution in [0.3, 0.4) is 0 Å². The summed E-state index contributed by atoms with van der Waals surface area (Å²) in [7, 11) is 1.41. The van der Waals surface area contributed by atoms with Crippen LogP contribution in [0.1, 0.15) is 13.3 Å². The maximum Gasteiger partial charge on any atom is 0.240 e. The van der Waals surface area contributed by atoms with Crippen LogP contribution in [0.4, 0.5) is 20.2 Å². The van der Waals surface area contributed by atoms with Crippen LogP contribution in [0.5, 0.6) is 23.0 Å². The molecule has 2 amide bonds. The van der Waals surface area contributed by atoms with Crippen LogP contribution in [0.2, 0.25) is 0 Å². The lowest BCUT2D eigenvalue weighted by Crippen LogP contribution is -2.37. The first-order valence-corrected chi connectivity index (χ1v) is 11.7. The Labute approximate surface area is 216 Å².